The Labute approximate surface area is 147 Å². The minimum atomic E-state index is -0.960. The number of benzene rings is 2. The van der Waals surface area contributed by atoms with Crippen LogP contribution in [-0.4, -0.2) is 24.3 Å². The Balaban J connectivity index is 1.67. The molecule has 0 unspecified atom stereocenters. The van der Waals surface area contributed by atoms with Crippen LogP contribution in [0.3, 0.4) is 0 Å². The van der Waals surface area contributed by atoms with Crippen LogP contribution in [0.15, 0.2) is 36.4 Å². The average Bonchev–Trinajstić information content (AvgIpc) is 2.60. The van der Waals surface area contributed by atoms with Gasteiger partial charge >= 0.3 is 5.97 Å². The number of ether oxygens (including phenoxy) is 1. The minimum absolute atomic E-state index is 0.0657. The lowest BCUT2D eigenvalue weighted by Gasteiger charge is -2.17. The van der Waals surface area contributed by atoms with Crippen LogP contribution < -0.4 is 5.32 Å². The normalized spacial score (nSPS) is 13.0. The van der Waals surface area contributed by atoms with Gasteiger partial charge in [-0.05, 0) is 48.4 Å². The molecule has 1 amide bonds. The van der Waals surface area contributed by atoms with Crippen molar-refractivity contribution in [3.63, 3.8) is 0 Å². The number of carbonyl (C=O) groups excluding carboxylic acids is 3. The molecule has 25 heavy (non-hydrogen) atoms. The van der Waals surface area contributed by atoms with Crippen molar-refractivity contribution in [2.24, 2.45) is 0 Å². The van der Waals surface area contributed by atoms with Gasteiger partial charge in [0.25, 0.3) is 0 Å². The smallest absolute Gasteiger partial charge is 0.341 e. The van der Waals surface area contributed by atoms with Crippen molar-refractivity contribution in [3.05, 3.63) is 63.9 Å². The van der Waals surface area contributed by atoms with Gasteiger partial charge in [0.1, 0.15) is 5.82 Å². The summed E-state index contributed by atoms with van der Waals surface area (Å²) in [5.41, 5.74) is 1.55. The zero-order valence-electron chi connectivity index (χ0n) is 13.0. The van der Waals surface area contributed by atoms with Crippen LogP contribution in [0.1, 0.15) is 32.7 Å². The zero-order chi connectivity index (χ0) is 18.0. The monoisotopic (exact) mass is 361 g/mol. The lowest BCUT2D eigenvalue weighted by Crippen LogP contribution is -2.20. The van der Waals surface area contributed by atoms with Crippen molar-refractivity contribution in [1.29, 1.82) is 0 Å². The van der Waals surface area contributed by atoms with Crippen LogP contribution in [0.5, 0.6) is 0 Å². The molecule has 2 aromatic rings. The molecule has 0 radical (unpaired) electrons. The number of rotatable bonds is 4. The van der Waals surface area contributed by atoms with Gasteiger partial charge in [0.2, 0.25) is 5.91 Å². The summed E-state index contributed by atoms with van der Waals surface area (Å²) in [6.45, 7) is -0.518. The van der Waals surface area contributed by atoms with Gasteiger partial charge in [0, 0.05) is 22.7 Å². The summed E-state index contributed by atoms with van der Waals surface area (Å²) in [7, 11) is 0. The number of Topliss-reactive ketones (excluding diaryl/α,β-unsaturated/α-hetero) is 1. The van der Waals surface area contributed by atoms with Crippen molar-refractivity contribution in [3.8, 4) is 0 Å². The first-order valence-corrected chi connectivity index (χ1v) is 7.90. The number of hydrogen-bond donors (Lipinski definition) is 1. The summed E-state index contributed by atoms with van der Waals surface area (Å²) in [4.78, 5) is 35.4. The van der Waals surface area contributed by atoms with Crippen molar-refractivity contribution in [1.82, 2.24) is 0 Å². The number of hydrogen-bond acceptors (Lipinski definition) is 4. The van der Waals surface area contributed by atoms with Crippen LogP contribution in [0.2, 0.25) is 5.02 Å². The SMILES string of the molecule is O=C1CCc2cc(C(=O)COC(=O)c3cc(Cl)ccc3F)ccc2N1. The molecular weight excluding hydrogens is 349 g/mol. The largest absolute Gasteiger partial charge is 0.454 e. The topological polar surface area (TPSA) is 72.5 Å². The maximum Gasteiger partial charge on any atom is 0.341 e. The number of amides is 1. The first-order valence-electron chi connectivity index (χ1n) is 7.52. The Morgan fingerprint density at radius 3 is 2.76 bits per heavy atom. The van der Waals surface area contributed by atoms with Crippen LogP contribution in [0, 0.1) is 5.82 Å². The molecule has 2 aromatic carbocycles. The second kappa shape index (κ2) is 7.03. The first-order chi connectivity index (χ1) is 11.9. The number of nitrogens with one attached hydrogen (secondary N) is 1. The highest BCUT2D eigenvalue weighted by molar-refractivity contribution is 6.30. The van der Waals surface area contributed by atoms with Crippen molar-refractivity contribution < 1.29 is 23.5 Å². The number of carbonyl (C=O) groups is 3. The van der Waals surface area contributed by atoms with E-state index >= 15 is 0 Å². The van der Waals surface area contributed by atoms with Crippen molar-refractivity contribution in [2.45, 2.75) is 12.8 Å². The van der Waals surface area contributed by atoms with E-state index in [1.807, 2.05) is 0 Å². The average molecular weight is 362 g/mol. The molecule has 0 atom stereocenters. The Bertz CT molecular complexity index is 881. The quantitative estimate of drug-likeness (QED) is 0.669. The predicted octanol–water partition coefficient (Wildman–Crippen LogP) is 3.40. The first kappa shape index (κ1) is 17.1. The highest BCUT2D eigenvalue weighted by Gasteiger charge is 2.19. The molecule has 0 bridgehead atoms. The van der Waals surface area contributed by atoms with Gasteiger partial charge in [-0.2, -0.15) is 0 Å². The number of ketones is 1. The third-order valence-electron chi connectivity index (χ3n) is 3.81. The zero-order valence-corrected chi connectivity index (χ0v) is 13.7. The summed E-state index contributed by atoms with van der Waals surface area (Å²) in [5.74, 6) is -2.22. The molecule has 0 fully saturated rings. The fraction of sp³-hybridized carbons (Fsp3) is 0.167. The van der Waals surface area contributed by atoms with E-state index in [-0.39, 0.29) is 16.5 Å². The molecule has 0 saturated carbocycles. The molecule has 1 aliphatic rings. The van der Waals surface area contributed by atoms with E-state index in [1.165, 1.54) is 6.07 Å². The molecule has 1 aliphatic heterocycles. The molecule has 0 aliphatic carbocycles. The molecule has 3 rings (SSSR count). The third kappa shape index (κ3) is 3.85. The van der Waals surface area contributed by atoms with Gasteiger partial charge in [0.05, 0.1) is 5.56 Å². The molecule has 1 N–H and O–H groups in total. The highest BCUT2D eigenvalue weighted by atomic mass is 35.5. The second-order valence-electron chi connectivity index (χ2n) is 5.54. The van der Waals surface area contributed by atoms with Gasteiger partial charge in [-0.3, -0.25) is 9.59 Å². The van der Waals surface area contributed by atoms with Crippen LogP contribution >= 0.6 is 11.6 Å². The Hall–Kier alpha value is -2.73. The second-order valence-corrected chi connectivity index (χ2v) is 5.98. The standard InChI is InChI=1S/C18H13ClFNO4/c19-12-3-4-14(20)13(8-12)18(24)25-9-16(22)11-1-5-15-10(7-11)2-6-17(23)21-15/h1,3-5,7-8H,2,6,9H2,(H,21,23). The van der Waals surface area contributed by atoms with E-state index in [0.717, 1.165) is 17.7 Å². The number of anilines is 1. The van der Waals surface area contributed by atoms with E-state index in [9.17, 15) is 18.8 Å². The van der Waals surface area contributed by atoms with E-state index in [0.29, 0.717) is 24.1 Å². The Kier molecular flexibility index (Phi) is 4.81. The van der Waals surface area contributed by atoms with Gasteiger partial charge in [-0.1, -0.05) is 11.6 Å². The Morgan fingerprint density at radius 2 is 1.96 bits per heavy atom. The molecule has 1 heterocycles. The maximum atomic E-state index is 13.6. The predicted molar refractivity (Wildman–Crippen MR) is 89.4 cm³/mol. The van der Waals surface area contributed by atoms with Gasteiger partial charge in [-0.15, -0.1) is 0 Å². The maximum absolute atomic E-state index is 13.6. The van der Waals surface area contributed by atoms with Crippen LogP contribution in [-0.2, 0) is 16.0 Å². The molecule has 0 saturated heterocycles. The fourth-order valence-electron chi connectivity index (χ4n) is 2.50. The molecular formula is C18H13ClFNO4. The van der Waals surface area contributed by atoms with Crippen molar-refractivity contribution >= 4 is 34.9 Å². The minimum Gasteiger partial charge on any atom is -0.454 e. The number of halogens is 2. The molecule has 128 valence electrons. The molecule has 7 heteroatoms. The molecule has 0 aromatic heterocycles. The Morgan fingerprint density at radius 1 is 1.16 bits per heavy atom. The number of aryl methyl sites for hydroxylation is 1. The number of fused-ring (bicyclic) bond motifs is 1. The van der Waals surface area contributed by atoms with Crippen LogP contribution in [0.25, 0.3) is 0 Å². The molecule has 0 spiro atoms. The van der Waals surface area contributed by atoms with E-state index in [2.05, 4.69) is 5.32 Å². The van der Waals surface area contributed by atoms with Gasteiger partial charge < -0.3 is 10.1 Å². The van der Waals surface area contributed by atoms with E-state index in [4.69, 9.17) is 16.3 Å². The summed E-state index contributed by atoms with van der Waals surface area (Å²) < 4.78 is 18.5. The van der Waals surface area contributed by atoms with Crippen LogP contribution in [0.4, 0.5) is 10.1 Å². The summed E-state index contributed by atoms with van der Waals surface area (Å²) >= 11 is 5.73. The number of esters is 1. The highest BCUT2D eigenvalue weighted by Crippen LogP contribution is 2.24. The van der Waals surface area contributed by atoms with Gasteiger partial charge in [-0.25, -0.2) is 9.18 Å². The fourth-order valence-corrected chi connectivity index (χ4v) is 2.68. The summed E-state index contributed by atoms with van der Waals surface area (Å²) in [6, 6.07) is 8.35. The summed E-state index contributed by atoms with van der Waals surface area (Å²) in [5, 5.41) is 2.91. The van der Waals surface area contributed by atoms with Gasteiger partial charge in [0.15, 0.2) is 12.4 Å². The summed E-state index contributed by atoms with van der Waals surface area (Å²) in [6.07, 6.45) is 0.892. The van der Waals surface area contributed by atoms with Crippen molar-refractivity contribution in [2.75, 3.05) is 11.9 Å². The lowest BCUT2D eigenvalue weighted by atomic mass is 9.99. The molecule has 5 nitrogen and oxygen atoms in total. The van der Waals surface area contributed by atoms with E-state index in [1.54, 1.807) is 18.2 Å². The van der Waals surface area contributed by atoms with E-state index < -0.39 is 24.2 Å². The lowest BCUT2D eigenvalue weighted by molar-refractivity contribution is -0.116. The third-order valence-corrected chi connectivity index (χ3v) is 4.04.